The van der Waals surface area contributed by atoms with E-state index in [0.29, 0.717) is 31.9 Å². The highest BCUT2D eigenvalue weighted by Gasteiger charge is 2.26. The fourth-order valence-electron chi connectivity index (χ4n) is 2.20. The lowest BCUT2D eigenvalue weighted by molar-refractivity contribution is -0.384. The van der Waals surface area contributed by atoms with E-state index in [1.807, 2.05) is 4.90 Å². The molecule has 0 N–H and O–H groups in total. The molecule has 102 valence electrons. The Bertz CT molecular complexity index is 513. The van der Waals surface area contributed by atoms with E-state index in [1.165, 1.54) is 13.0 Å². The number of nitro benzene ring substituents is 1. The molecule has 0 atom stereocenters. The van der Waals surface area contributed by atoms with E-state index < -0.39 is 4.92 Å². The quantitative estimate of drug-likeness (QED) is 0.614. The van der Waals surface area contributed by atoms with Crippen LogP contribution in [0.4, 0.5) is 11.4 Å². The molecular weight excluding hydrogens is 270 g/mol. The van der Waals surface area contributed by atoms with Gasteiger partial charge in [0.2, 0.25) is 5.91 Å². The predicted molar refractivity (Wildman–Crippen MR) is 72.6 cm³/mol. The maximum absolute atomic E-state index is 11.2. The second-order valence-corrected chi connectivity index (χ2v) is 4.76. The molecule has 1 aliphatic rings. The molecule has 6 nitrogen and oxygen atoms in total. The monoisotopic (exact) mass is 283 g/mol. The van der Waals surface area contributed by atoms with Gasteiger partial charge in [0.05, 0.1) is 4.92 Å². The van der Waals surface area contributed by atoms with Gasteiger partial charge in [0.15, 0.2) is 0 Å². The summed E-state index contributed by atoms with van der Waals surface area (Å²) in [5, 5.41) is 11.2. The van der Waals surface area contributed by atoms with Crippen LogP contribution in [0.5, 0.6) is 0 Å². The third-order valence-corrected chi connectivity index (χ3v) is 3.52. The van der Waals surface area contributed by atoms with Crippen molar-refractivity contribution in [3.63, 3.8) is 0 Å². The van der Waals surface area contributed by atoms with Gasteiger partial charge in [-0.25, -0.2) is 0 Å². The number of piperazine rings is 1. The lowest BCUT2D eigenvalue weighted by Crippen LogP contribution is -2.48. The normalized spacial score (nSPS) is 15.5. The van der Waals surface area contributed by atoms with Gasteiger partial charge in [0.1, 0.15) is 10.7 Å². The molecule has 1 saturated heterocycles. The molecule has 1 aromatic carbocycles. The molecule has 0 saturated carbocycles. The van der Waals surface area contributed by atoms with Crippen molar-refractivity contribution in [1.82, 2.24) is 4.90 Å². The summed E-state index contributed by atoms with van der Waals surface area (Å²) in [5.74, 6) is 0.0280. The first-order chi connectivity index (χ1) is 9.00. The number of amides is 1. The van der Waals surface area contributed by atoms with E-state index >= 15 is 0 Å². The van der Waals surface area contributed by atoms with Crippen LogP contribution in [0.25, 0.3) is 0 Å². The van der Waals surface area contributed by atoms with Gasteiger partial charge in [0.25, 0.3) is 0 Å². The number of benzene rings is 1. The minimum atomic E-state index is -0.463. The van der Waals surface area contributed by atoms with Crippen LogP contribution in [0, 0.1) is 10.1 Å². The highest BCUT2D eigenvalue weighted by Crippen LogP contribution is 2.35. The summed E-state index contributed by atoms with van der Waals surface area (Å²) in [6, 6.07) is 4.89. The van der Waals surface area contributed by atoms with Gasteiger partial charge in [-0.15, -0.1) is 0 Å². The van der Waals surface area contributed by atoms with Crippen molar-refractivity contribution in [2.75, 3.05) is 31.1 Å². The maximum atomic E-state index is 11.2. The van der Waals surface area contributed by atoms with E-state index in [9.17, 15) is 14.9 Å². The van der Waals surface area contributed by atoms with E-state index in [1.54, 1.807) is 17.0 Å². The second kappa shape index (κ2) is 5.44. The molecule has 0 aliphatic carbocycles. The molecule has 1 amide bonds. The zero-order chi connectivity index (χ0) is 14.0. The summed E-state index contributed by atoms with van der Waals surface area (Å²) >= 11 is 5.89. The SMILES string of the molecule is CC(=O)N1CCN(c2cccc(Cl)c2[N+](=O)[O-])CC1. The molecule has 1 aromatic rings. The van der Waals surface area contributed by atoms with E-state index in [2.05, 4.69) is 0 Å². The van der Waals surface area contributed by atoms with Crippen molar-refractivity contribution in [1.29, 1.82) is 0 Å². The summed E-state index contributed by atoms with van der Waals surface area (Å²) < 4.78 is 0. The number of para-hydroxylation sites is 1. The van der Waals surface area contributed by atoms with Crippen molar-refractivity contribution in [2.24, 2.45) is 0 Å². The lowest BCUT2D eigenvalue weighted by Gasteiger charge is -2.35. The average molecular weight is 284 g/mol. The second-order valence-electron chi connectivity index (χ2n) is 4.36. The summed E-state index contributed by atoms with van der Waals surface area (Å²) in [6.45, 7) is 3.80. The third-order valence-electron chi connectivity index (χ3n) is 3.21. The first kappa shape index (κ1) is 13.6. The van der Waals surface area contributed by atoms with Crippen LogP contribution in [0.2, 0.25) is 5.02 Å². The number of carbonyl (C=O) groups is 1. The average Bonchev–Trinajstić information content (AvgIpc) is 2.38. The molecule has 0 unspecified atom stereocenters. The Morgan fingerprint density at radius 3 is 2.47 bits per heavy atom. The highest BCUT2D eigenvalue weighted by atomic mass is 35.5. The number of hydrogen-bond donors (Lipinski definition) is 0. The first-order valence-electron chi connectivity index (χ1n) is 5.94. The van der Waals surface area contributed by atoms with Crippen LogP contribution in [0.3, 0.4) is 0 Å². The zero-order valence-electron chi connectivity index (χ0n) is 10.5. The van der Waals surface area contributed by atoms with E-state index in [4.69, 9.17) is 11.6 Å². The smallest absolute Gasteiger partial charge is 0.310 e. The Morgan fingerprint density at radius 2 is 1.95 bits per heavy atom. The molecule has 1 heterocycles. The van der Waals surface area contributed by atoms with Crippen molar-refractivity contribution in [3.8, 4) is 0 Å². The number of hydrogen-bond acceptors (Lipinski definition) is 4. The van der Waals surface area contributed by atoms with Gasteiger partial charge in [-0.2, -0.15) is 0 Å². The van der Waals surface area contributed by atoms with Crippen molar-refractivity contribution in [3.05, 3.63) is 33.3 Å². The maximum Gasteiger partial charge on any atom is 0.310 e. The van der Waals surface area contributed by atoms with Gasteiger partial charge in [-0.05, 0) is 12.1 Å². The van der Waals surface area contributed by atoms with Crippen molar-refractivity contribution >= 4 is 28.9 Å². The van der Waals surface area contributed by atoms with Crippen LogP contribution in [-0.4, -0.2) is 41.9 Å². The Morgan fingerprint density at radius 1 is 1.32 bits per heavy atom. The molecule has 0 spiro atoms. The topological polar surface area (TPSA) is 66.7 Å². The standard InChI is InChI=1S/C12H14ClN3O3/c1-9(17)14-5-7-15(8-6-14)11-4-2-3-10(13)12(11)16(18)19/h2-4H,5-8H2,1H3. The molecule has 0 radical (unpaired) electrons. The predicted octanol–water partition coefficient (Wildman–Crippen LogP) is 1.92. The van der Waals surface area contributed by atoms with E-state index in [-0.39, 0.29) is 16.6 Å². The van der Waals surface area contributed by atoms with Gasteiger partial charge < -0.3 is 9.80 Å². The van der Waals surface area contributed by atoms with Gasteiger partial charge in [-0.3, -0.25) is 14.9 Å². The third kappa shape index (κ3) is 2.78. The molecular formula is C12H14ClN3O3. The van der Waals surface area contributed by atoms with Crippen molar-refractivity contribution in [2.45, 2.75) is 6.92 Å². The summed E-state index contributed by atoms with van der Waals surface area (Å²) in [5.41, 5.74) is 0.446. The highest BCUT2D eigenvalue weighted by molar-refractivity contribution is 6.33. The van der Waals surface area contributed by atoms with Crippen LogP contribution in [-0.2, 0) is 4.79 Å². The summed E-state index contributed by atoms with van der Waals surface area (Å²) in [6.07, 6.45) is 0. The van der Waals surface area contributed by atoms with Crippen molar-refractivity contribution < 1.29 is 9.72 Å². The number of nitrogens with zero attached hydrogens (tertiary/aromatic N) is 3. The Hall–Kier alpha value is -1.82. The van der Waals surface area contributed by atoms with Crippen LogP contribution in [0.1, 0.15) is 6.92 Å². The minimum absolute atomic E-state index is 0.0280. The first-order valence-corrected chi connectivity index (χ1v) is 6.32. The summed E-state index contributed by atoms with van der Waals surface area (Å²) in [7, 11) is 0. The fraction of sp³-hybridized carbons (Fsp3) is 0.417. The largest absolute Gasteiger partial charge is 0.362 e. The molecule has 0 aromatic heterocycles. The summed E-state index contributed by atoms with van der Waals surface area (Å²) in [4.78, 5) is 25.5. The molecule has 1 aliphatic heterocycles. The van der Waals surface area contributed by atoms with Crippen LogP contribution >= 0.6 is 11.6 Å². The Kier molecular flexibility index (Phi) is 3.90. The fourth-order valence-corrected chi connectivity index (χ4v) is 2.44. The van der Waals surface area contributed by atoms with Crippen LogP contribution < -0.4 is 4.90 Å². The number of carbonyl (C=O) groups excluding carboxylic acids is 1. The van der Waals surface area contributed by atoms with Gasteiger partial charge >= 0.3 is 5.69 Å². The lowest BCUT2D eigenvalue weighted by atomic mass is 10.2. The number of anilines is 1. The molecule has 19 heavy (non-hydrogen) atoms. The molecule has 2 rings (SSSR count). The molecule has 7 heteroatoms. The Balaban J connectivity index is 2.22. The van der Waals surface area contributed by atoms with Gasteiger partial charge in [-0.1, -0.05) is 17.7 Å². The minimum Gasteiger partial charge on any atom is -0.362 e. The van der Waals surface area contributed by atoms with Crippen LogP contribution in [0.15, 0.2) is 18.2 Å². The number of rotatable bonds is 2. The molecule has 1 fully saturated rings. The number of nitro groups is 1. The van der Waals surface area contributed by atoms with E-state index in [0.717, 1.165) is 0 Å². The number of halogens is 1. The molecule has 0 bridgehead atoms. The van der Waals surface area contributed by atoms with Gasteiger partial charge in [0, 0.05) is 33.1 Å². The Labute approximate surface area is 115 Å². The zero-order valence-corrected chi connectivity index (χ0v) is 11.3.